The van der Waals surface area contributed by atoms with Crippen molar-refractivity contribution in [3.05, 3.63) is 0 Å². The Morgan fingerprint density at radius 3 is 2.14 bits per heavy atom. The molecule has 21 heavy (non-hydrogen) atoms. The Kier molecular flexibility index (Phi) is 6.03. The number of hydrogen-bond donors (Lipinski definition) is 3. The molecule has 0 aromatic heterocycles. The topological polar surface area (TPSA) is 78.4 Å². The van der Waals surface area contributed by atoms with Crippen LogP contribution in [0, 0.1) is 11.8 Å². The summed E-state index contributed by atoms with van der Waals surface area (Å²) in [6, 6.07) is 0.0507. The lowest BCUT2D eigenvalue weighted by molar-refractivity contribution is -0.127. The van der Waals surface area contributed by atoms with Gasteiger partial charge >= 0.3 is 0 Å². The molecule has 0 radical (unpaired) electrons. The average molecular weight is 296 g/mol. The second-order valence-corrected chi connectivity index (χ2v) is 6.63. The van der Waals surface area contributed by atoms with Gasteiger partial charge in [-0.2, -0.15) is 0 Å². The fourth-order valence-electron chi connectivity index (χ4n) is 3.41. The maximum absolute atomic E-state index is 12.1. The minimum atomic E-state index is -0.183. The minimum Gasteiger partial charge on any atom is -0.394 e. The van der Waals surface area contributed by atoms with E-state index in [2.05, 4.69) is 10.6 Å². The SMILES string of the molecule is CC(CO)NC(=O)C1CCC(NC(=O)C2CCCC2)CC1. The van der Waals surface area contributed by atoms with E-state index in [1.807, 2.05) is 0 Å². The molecular formula is C16H28N2O3. The number of aliphatic hydroxyl groups excluding tert-OH is 1. The predicted molar refractivity (Wildman–Crippen MR) is 80.5 cm³/mol. The van der Waals surface area contributed by atoms with Crippen LogP contribution in [0.25, 0.3) is 0 Å². The lowest BCUT2D eigenvalue weighted by Crippen LogP contribution is -2.44. The van der Waals surface area contributed by atoms with Crippen molar-refractivity contribution in [2.24, 2.45) is 11.8 Å². The minimum absolute atomic E-state index is 0.0265. The van der Waals surface area contributed by atoms with E-state index < -0.39 is 0 Å². The van der Waals surface area contributed by atoms with Crippen molar-refractivity contribution in [2.75, 3.05) is 6.61 Å². The number of carbonyl (C=O) groups excluding carboxylic acids is 2. The van der Waals surface area contributed by atoms with Crippen molar-refractivity contribution in [3.63, 3.8) is 0 Å². The standard InChI is InChI=1S/C16H28N2O3/c1-11(10-19)17-15(20)13-6-8-14(9-7-13)18-16(21)12-4-2-3-5-12/h11-14,19H,2-10H2,1H3,(H,17,20)(H,18,21). The highest BCUT2D eigenvalue weighted by atomic mass is 16.3. The lowest BCUT2D eigenvalue weighted by atomic mass is 9.85. The van der Waals surface area contributed by atoms with E-state index in [1.165, 1.54) is 12.8 Å². The number of nitrogens with one attached hydrogen (secondary N) is 2. The molecule has 2 aliphatic carbocycles. The first-order valence-corrected chi connectivity index (χ1v) is 8.31. The number of amides is 2. The largest absolute Gasteiger partial charge is 0.394 e. The van der Waals surface area contributed by atoms with Crippen LogP contribution >= 0.6 is 0 Å². The zero-order chi connectivity index (χ0) is 15.2. The van der Waals surface area contributed by atoms with E-state index in [1.54, 1.807) is 6.92 Å². The molecule has 0 bridgehead atoms. The number of rotatable bonds is 5. The third kappa shape index (κ3) is 4.70. The molecular weight excluding hydrogens is 268 g/mol. The molecule has 5 nitrogen and oxygen atoms in total. The zero-order valence-electron chi connectivity index (χ0n) is 12.9. The first-order chi connectivity index (χ1) is 10.1. The van der Waals surface area contributed by atoms with Crippen LogP contribution < -0.4 is 10.6 Å². The summed E-state index contributed by atoms with van der Waals surface area (Å²) in [4.78, 5) is 24.1. The van der Waals surface area contributed by atoms with Crippen molar-refractivity contribution in [2.45, 2.75) is 70.4 Å². The highest BCUT2D eigenvalue weighted by Gasteiger charge is 2.29. The third-order valence-electron chi connectivity index (χ3n) is 4.83. The van der Waals surface area contributed by atoms with Gasteiger partial charge in [0.1, 0.15) is 0 Å². The van der Waals surface area contributed by atoms with Crippen LogP contribution in [0.1, 0.15) is 58.3 Å². The first-order valence-electron chi connectivity index (χ1n) is 8.31. The maximum Gasteiger partial charge on any atom is 0.223 e. The van der Waals surface area contributed by atoms with Gasteiger partial charge in [0.25, 0.3) is 0 Å². The van der Waals surface area contributed by atoms with E-state index in [0.29, 0.717) is 0 Å². The van der Waals surface area contributed by atoms with Gasteiger partial charge in [0, 0.05) is 23.9 Å². The summed E-state index contributed by atoms with van der Waals surface area (Å²) in [5.74, 6) is 0.501. The fourth-order valence-corrected chi connectivity index (χ4v) is 3.41. The van der Waals surface area contributed by atoms with Crippen molar-refractivity contribution in [1.82, 2.24) is 10.6 Å². The molecule has 2 saturated carbocycles. The molecule has 120 valence electrons. The van der Waals surface area contributed by atoms with Gasteiger partial charge in [-0.1, -0.05) is 12.8 Å². The summed E-state index contributed by atoms with van der Waals surface area (Å²) in [5.41, 5.74) is 0. The predicted octanol–water partition coefficient (Wildman–Crippen LogP) is 1.35. The molecule has 2 aliphatic rings. The second kappa shape index (κ2) is 7.78. The van der Waals surface area contributed by atoms with Gasteiger partial charge in [-0.05, 0) is 45.4 Å². The quantitative estimate of drug-likeness (QED) is 0.716. The van der Waals surface area contributed by atoms with E-state index >= 15 is 0 Å². The van der Waals surface area contributed by atoms with Gasteiger partial charge in [-0.25, -0.2) is 0 Å². The molecule has 0 heterocycles. The van der Waals surface area contributed by atoms with Gasteiger partial charge < -0.3 is 15.7 Å². The van der Waals surface area contributed by atoms with Crippen LogP contribution in [0.15, 0.2) is 0 Å². The molecule has 1 atom stereocenters. The summed E-state index contributed by atoms with van der Waals surface area (Å²) < 4.78 is 0. The van der Waals surface area contributed by atoms with E-state index in [4.69, 9.17) is 5.11 Å². The molecule has 0 aromatic rings. The Labute approximate surface area is 126 Å². The van der Waals surface area contributed by atoms with Crippen LogP contribution in [-0.4, -0.2) is 35.6 Å². The van der Waals surface area contributed by atoms with Crippen LogP contribution in [0.3, 0.4) is 0 Å². The van der Waals surface area contributed by atoms with E-state index in [9.17, 15) is 9.59 Å². The van der Waals surface area contributed by atoms with Crippen molar-refractivity contribution in [3.8, 4) is 0 Å². The summed E-state index contributed by atoms with van der Waals surface area (Å²) in [5, 5.41) is 14.9. The van der Waals surface area contributed by atoms with Crippen LogP contribution in [0.5, 0.6) is 0 Å². The number of carbonyl (C=O) groups is 2. The van der Waals surface area contributed by atoms with Crippen LogP contribution in [-0.2, 0) is 9.59 Å². The molecule has 0 aromatic carbocycles. The first kappa shape index (κ1) is 16.3. The van der Waals surface area contributed by atoms with E-state index in [0.717, 1.165) is 38.5 Å². The second-order valence-electron chi connectivity index (χ2n) is 6.63. The lowest BCUT2D eigenvalue weighted by Gasteiger charge is -2.29. The Bertz CT molecular complexity index is 359. The molecule has 3 N–H and O–H groups in total. The molecule has 5 heteroatoms. The Morgan fingerprint density at radius 2 is 1.57 bits per heavy atom. The molecule has 0 saturated heterocycles. The van der Waals surface area contributed by atoms with Gasteiger partial charge in [-0.3, -0.25) is 9.59 Å². The molecule has 2 rings (SSSR count). The summed E-state index contributed by atoms with van der Waals surface area (Å²) >= 11 is 0. The molecule has 0 spiro atoms. The molecule has 2 amide bonds. The number of hydrogen-bond acceptors (Lipinski definition) is 3. The Balaban J connectivity index is 1.70. The van der Waals surface area contributed by atoms with Crippen LogP contribution in [0.4, 0.5) is 0 Å². The molecule has 1 unspecified atom stereocenters. The van der Waals surface area contributed by atoms with Crippen molar-refractivity contribution < 1.29 is 14.7 Å². The maximum atomic E-state index is 12.1. The zero-order valence-corrected chi connectivity index (χ0v) is 12.9. The Morgan fingerprint density at radius 1 is 1.00 bits per heavy atom. The van der Waals surface area contributed by atoms with Crippen molar-refractivity contribution in [1.29, 1.82) is 0 Å². The van der Waals surface area contributed by atoms with E-state index in [-0.39, 0.29) is 42.3 Å². The van der Waals surface area contributed by atoms with Gasteiger partial charge in [0.15, 0.2) is 0 Å². The molecule has 0 aliphatic heterocycles. The Hall–Kier alpha value is -1.10. The number of aliphatic hydroxyl groups is 1. The monoisotopic (exact) mass is 296 g/mol. The smallest absolute Gasteiger partial charge is 0.223 e. The summed E-state index contributed by atoms with van der Waals surface area (Å²) in [7, 11) is 0. The average Bonchev–Trinajstić information content (AvgIpc) is 3.02. The van der Waals surface area contributed by atoms with Crippen LogP contribution in [0.2, 0.25) is 0 Å². The van der Waals surface area contributed by atoms with Gasteiger partial charge in [0.05, 0.1) is 6.61 Å². The highest BCUT2D eigenvalue weighted by Crippen LogP contribution is 2.27. The third-order valence-corrected chi connectivity index (χ3v) is 4.83. The summed E-state index contributed by atoms with van der Waals surface area (Å²) in [6.07, 6.45) is 7.81. The fraction of sp³-hybridized carbons (Fsp3) is 0.875. The normalized spacial score (nSPS) is 28.1. The van der Waals surface area contributed by atoms with Gasteiger partial charge in [0.2, 0.25) is 11.8 Å². The molecule has 2 fully saturated rings. The van der Waals surface area contributed by atoms with Crippen molar-refractivity contribution >= 4 is 11.8 Å². The highest BCUT2D eigenvalue weighted by molar-refractivity contribution is 5.80. The summed E-state index contributed by atoms with van der Waals surface area (Å²) in [6.45, 7) is 1.77. The van der Waals surface area contributed by atoms with Gasteiger partial charge in [-0.15, -0.1) is 0 Å².